The van der Waals surface area contributed by atoms with Gasteiger partial charge in [-0.1, -0.05) is 24.3 Å². The summed E-state index contributed by atoms with van der Waals surface area (Å²) in [5.74, 6) is 1.83. The van der Waals surface area contributed by atoms with Crippen molar-refractivity contribution in [3.05, 3.63) is 71.8 Å². The number of hydrogen-bond donors (Lipinski definition) is 1. The van der Waals surface area contributed by atoms with Gasteiger partial charge in [0.15, 0.2) is 0 Å². The van der Waals surface area contributed by atoms with Crippen molar-refractivity contribution >= 4 is 10.8 Å². The zero-order valence-electron chi connectivity index (χ0n) is 13.6. The second-order valence-corrected chi connectivity index (χ2v) is 5.52. The summed E-state index contributed by atoms with van der Waals surface area (Å²) in [6, 6.07) is 20.9. The summed E-state index contributed by atoms with van der Waals surface area (Å²) >= 11 is 0. The number of rotatable bonds is 6. The Balaban J connectivity index is 1.72. The molecule has 0 aliphatic carbocycles. The quantitative estimate of drug-likeness (QED) is 0.759. The van der Waals surface area contributed by atoms with Crippen LogP contribution in [-0.2, 0) is 13.1 Å². The molecule has 3 aromatic carbocycles. The fourth-order valence-electron chi connectivity index (χ4n) is 2.85. The lowest BCUT2D eigenvalue weighted by atomic mass is 10.0. The van der Waals surface area contributed by atoms with Gasteiger partial charge in [-0.2, -0.15) is 0 Å². The molecule has 0 spiro atoms. The number of quaternary nitrogens is 1. The Kier molecular flexibility index (Phi) is 4.79. The van der Waals surface area contributed by atoms with E-state index in [4.69, 9.17) is 9.47 Å². The summed E-state index contributed by atoms with van der Waals surface area (Å²) in [5.41, 5.74) is 2.62. The number of ether oxygens (including phenoxy) is 2. The van der Waals surface area contributed by atoms with Gasteiger partial charge in [0.2, 0.25) is 0 Å². The molecule has 118 valence electrons. The van der Waals surface area contributed by atoms with Gasteiger partial charge in [-0.25, -0.2) is 0 Å². The zero-order chi connectivity index (χ0) is 16.1. The van der Waals surface area contributed by atoms with Crippen molar-refractivity contribution in [2.75, 3.05) is 14.2 Å². The number of nitrogens with two attached hydrogens (primary N) is 1. The highest BCUT2D eigenvalue weighted by molar-refractivity contribution is 5.90. The van der Waals surface area contributed by atoms with Gasteiger partial charge in [0.25, 0.3) is 0 Å². The van der Waals surface area contributed by atoms with Gasteiger partial charge in [-0.15, -0.1) is 0 Å². The molecule has 23 heavy (non-hydrogen) atoms. The van der Waals surface area contributed by atoms with E-state index in [1.807, 2.05) is 12.1 Å². The van der Waals surface area contributed by atoms with E-state index in [9.17, 15) is 0 Å². The Morgan fingerprint density at radius 2 is 1.48 bits per heavy atom. The molecule has 0 aromatic heterocycles. The van der Waals surface area contributed by atoms with Crippen LogP contribution in [0.5, 0.6) is 11.5 Å². The van der Waals surface area contributed by atoms with Crippen LogP contribution in [0.1, 0.15) is 11.1 Å². The Morgan fingerprint density at radius 1 is 0.739 bits per heavy atom. The minimum Gasteiger partial charge on any atom is -0.497 e. The van der Waals surface area contributed by atoms with Crippen molar-refractivity contribution in [1.29, 1.82) is 0 Å². The van der Waals surface area contributed by atoms with E-state index in [-0.39, 0.29) is 0 Å². The SMILES string of the molecule is COc1ccc(C[NH2+]Cc2ccc(OC)c3ccccc23)cc1. The van der Waals surface area contributed by atoms with Gasteiger partial charge in [0.05, 0.1) is 14.2 Å². The van der Waals surface area contributed by atoms with E-state index in [0.29, 0.717) is 0 Å². The van der Waals surface area contributed by atoms with Crippen molar-refractivity contribution in [3.63, 3.8) is 0 Å². The van der Waals surface area contributed by atoms with Crippen LogP contribution in [0, 0.1) is 0 Å². The van der Waals surface area contributed by atoms with Crippen LogP contribution < -0.4 is 14.8 Å². The van der Waals surface area contributed by atoms with Gasteiger partial charge in [0.1, 0.15) is 24.6 Å². The molecule has 0 fully saturated rings. The van der Waals surface area contributed by atoms with E-state index >= 15 is 0 Å². The molecular weight excluding hydrogens is 286 g/mol. The first-order chi connectivity index (χ1) is 11.3. The number of hydrogen-bond acceptors (Lipinski definition) is 2. The predicted octanol–water partition coefficient (Wildman–Crippen LogP) is 3.12. The molecule has 3 heteroatoms. The molecule has 3 aromatic rings. The maximum Gasteiger partial charge on any atom is 0.126 e. The standard InChI is InChI=1S/C20H21NO2/c1-22-17-10-7-15(8-11-17)13-21-14-16-9-12-20(23-2)19-6-4-3-5-18(16)19/h3-12,21H,13-14H2,1-2H3/p+1. The first kappa shape index (κ1) is 15.4. The predicted molar refractivity (Wildman–Crippen MR) is 92.8 cm³/mol. The van der Waals surface area contributed by atoms with Gasteiger partial charge < -0.3 is 14.8 Å². The Bertz CT molecular complexity index is 781. The fourth-order valence-corrected chi connectivity index (χ4v) is 2.85. The second kappa shape index (κ2) is 7.16. The van der Waals surface area contributed by atoms with Crippen molar-refractivity contribution in [2.45, 2.75) is 13.1 Å². The summed E-state index contributed by atoms with van der Waals surface area (Å²) in [6.45, 7) is 1.89. The molecule has 0 radical (unpaired) electrons. The molecule has 2 N–H and O–H groups in total. The van der Waals surface area contributed by atoms with Crippen molar-refractivity contribution in [1.82, 2.24) is 0 Å². The third kappa shape index (κ3) is 3.46. The van der Waals surface area contributed by atoms with Crippen LogP contribution in [0.3, 0.4) is 0 Å². The minimum atomic E-state index is 0.898. The summed E-state index contributed by atoms with van der Waals surface area (Å²) in [4.78, 5) is 0. The highest BCUT2D eigenvalue weighted by Gasteiger charge is 2.07. The molecule has 3 nitrogen and oxygen atoms in total. The molecule has 0 atom stereocenters. The van der Waals surface area contributed by atoms with E-state index in [1.54, 1.807) is 14.2 Å². The molecule has 0 aliphatic rings. The maximum absolute atomic E-state index is 5.46. The maximum atomic E-state index is 5.46. The molecular formula is C20H22NO2+. The topological polar surface area (TPSA) is 35.1 Å². The number of fused-ring (bicyclic) bond motifs is 1. The van der Waals surface area contributed by atoms with Crippen LogP contribution in [0.2, 0.25) is 0 Å². The second-order valence-electron chi connectivity index (χ2n) is 5.52. The lowest BCUT2D eigenvalue weighted by molar-refractivity contribution is -0.686. The fraction of sp³-hybridized carbons (Fsp3) is 0.200. The van der Waals surface area contributed by atoms with Crippen LogP contribution in [0.25, 0.3) is 10.8 Å². The van der Waals surface area contributed by atoms with Crippen molar-refractivity contribution < 1.29 is 14.8 Å². The summed E-state index contributed by atoms with van der Waals surface area (Å²) in [7, 11) is 3.41. The average molecular weight is 308 g/mol. The lowest BCUT2D eigenvalue weighted by Crippen LogP contribution is -2.80. The van der Waals surface area contributed by atoms with Crippen LogP contribution in [0.15, 0.2) is 60.7 Å². The van der Waals surface area contributed by atoms with Gasteiger partial charge in [-0.3, -0.25) is 0 Å². The molecule has 0 heterocycles. The van der Waals surface area contributed by atoms with Gasteiger partial charge in [0, 0.05) is 16.5 Å². The number of methoxy groups -OCH3 is 2. The molecule has 0 aliphatic heterocycles. The summed E-state index contributed by atoms with van der Waals surface area (Å²) in [5, 5.41) is 4.75. The molecule has 0 saturated heterocycles. The van der Waals surface area contributed by atoms with E-state index in [1.165, 1.54) is 21.9 Å². The smallest absolute Gasteiger partial charge is 0.126 e. The first-order valence-corrected chi connectivity index (χ1v) is 7.81. The summed E-state index contributed by atoms with van der Waals surface area (Å²) in [6.07, 6.45) is 0. The Labute approximate surface area is 136 Å². The van der Waals surface area contributed by atoms with Crippen molar-refractivity contribution in [3.8, 4) is 11.5 Å². The van der Waals surface area contributed by atoms with Crippen LogP contribution >= 0.6 is 0 Å². The minimum absolute atomic E-state index is 0.898. The monoisotopic (exact) mass is 308 g/mol. The Hall–Kier alpha value is -2.52. The van der Waals surface area contributed by atoms with E-state index in [2.05, 4.69) is 53.8 Å². The molecule has 0 amide bonds. The zero-order valence-corrected chi connectivity index (χ0v) is 13.6. The molecule has 0 saturated carbocycles. The highest BCUT2D eigenvalue weighted by atomic mass is 16.5. The van der Waals surface area contributed by atoms with Gasteiger partial charge in [-0.05, 0) is 41.8 Å². The van der Waals surface area contributed by atoms with E-state index < -0.39 is 0 Å². The third-order valence-corrected chi connectivity index (χ3v) is 4.10. The van der Waals surface area contributed by atoms with Crippen LogP contribution in [0.4, 0.5) is 0 Å². The van der Waals surface area contributed by atoms with E-state index in [0.717, 1.165) is 24.6 Å². The van der Waals surface area contributed by atoms with Gasteiger partial charge >= 0.3 is 0 Å². The first-order valence-electron chi connectivity index (χ1n) is 7.81. The normalized spacial score (nSPS) is 10.7. The summed E-state index contributed by atoms with van der Waals surface area (Å²) < 4.78 is 10.6. The molecule has 0 unspecified atom stereocenters. The average Bonchev–Trinajstić information content (AvgIpc) is 2.62. The largest absolute Gasteiger partial charge is 0.497 e. The highest BCUT2D eigenvalue weighted by Crippen LogP contribution is 2.27. The third-order valence-electron chi connectivity index (χ3n) is 4.10. The number of benzene rings is 3. The van der Waals surface area contributed by atoms with Crippen LogP contribution in [-0.4, -0.2) is 14.2 Å². The molecule has 3 rings (SSSR count). The lowest BCUT2D eigenvalue weighted by Gasteiger charge is -2.10. The molecule has 0 bridgehead atoms. The Morgan fingerprint density at radius 3 is 2.17 bits per heavy atom. The van der Waals surface area contributed by atoms with Crippen molar-refractivity contribution in [2.24, 2.45) is 0 Å².